The molecule has 0 aliphatic carbocycles. The van der Waals surface area contributed by atoms with Gasteiger partial charge in [0.15, 0.2) is 0 Å². The average Bonchev–Trinajstić information content (AvgIpc) is 2.16. The van der Waals surface area contributed by atoms with Crippen molar-refractivity contribution in [2.45, 2.75) is 26.1 Å². The van der Waals surface area contributed by atoms with Gasteiger partial charge in [0.2, 0.25) is 0 Å². The van der Waals surface area contributed by atoms with Gasteiger partial charge in [-0.1, -0.05) is 18.2 Å². The van der Waals surface area contributed by atoms with Crippen LogP contribution in [0.2, 0.25) is 0 Å². The predicted molar refractivity (Wildman–Crippen MR) is 61.9 cm³/mol. The van der Waals surface area contributed by atoms with Crippen molar-refractivity contribution in [3.63, 3.8) is 0 Å². The van der Waals surface area contributed by atoms with Crippen molar-refractivity contribution >= 4 is 5.69 Å². The lowest BCUT2D eigenvalue weighted by Gasteiger charge is -2.20. The summed E-state index contributed by atoms with van der Waals surface area (Å²) in [6.45, 7) is 4.65. The van der Waals surface area contributed by atoms with E-state index in [0.717, 1.165) is 11.3 Å². The van der Waals surface area contributed by atoms with Crippen LogP contribution in [0.25, 0.3) is 0 Å². The highest BCUT2D eigenvalue weighted by Crippen LogP contribution is 2.16. The van der Waals surface area contributed by atoms with Crippen LogP contribution < -0.4 is 5.32 Å². The second-order valence-electron chi connectivity index (χ2n) is 4.26. The van der Waals surface area contributed by atoms with Crippen molar-refractivity contribution in [1.82, 2.24) is 0 Å². The van der Waals surface area contributed by atoms with E-state index in [9.17, 15) is 5.11 Å². The molecule has 0 amide bonds. The van der Waals surface area contributed by atoms with Crippen LogP contribution in [0.15, 0.2) is 24.3 Å². The summed E-state index contributed by atoms with van der Waals surface area (Å²) >= 11 is 0. The molecule has 0 saturated carbocycles. The summed E-state index contributed by atoms with van der Waals surface area (Å²) < 4.78 is 5.10. The maximum absolute atomic E-state index is 9.61. The molecule has 0 radical (unpaired) electrons. The molecular weight excluding hydrogens is 190 g/mol. The Balaban J connectivity index is 2.67. The lowest BCUT2D eigenvalue weighted by molar-refractivity contribution is 0.0944. The number of nitrogens with one attached hydrogen (secondary N) is 1. The van der Waals surface area contributed by atoms with Gasteiger partial charge in [-0.2, -0.15) is 0 Å². The molecule has 3 heteroatoms. The average molecular weight is 209 g/mol. The molecule has 0 aliphatic heterocycles. The quantitative estimate of drug-likeness (QED) is 0.779. The smallest absolute Gasteiger partial charge is 0.0763 e. The molecule has 0 heterocycles. The van der Waals surface area contributed by atoms with Gasteiger partial charge in [-0.3, -0.25) is 0 Å². The molecule has 0 atom stereocenters. The molecule has 15 heavy (non-hydrogen) atoms. The first-order valence-corrected chi connectivity index (χ1v) is 5.06. The van der Waals surface area contributed by atoms with E-state index in [-0.39, 0.29) is 0 Å². The summed E-state index contributed by atoms with van der Waals surface area (Å²) in [5.74, 6) is 0. The molecule has 1 aromatic rings. The number of benzene rings is 1. The largest absolute Gasteiger partial charge is 0.389 e. The van der Waals surface area contributed by atoms with Gasteiger partial charge in [0.25, 0.3) is 0 Å². The van der Waals surface area contributed by atoms with Crippen molar-refractivity contribution in [2.75, 3.05) is 19.0 Å². The number of hydrogen-bond donors (Lipinski definition) is 2. The Hall–Kier alpha value is -1.06. The topological polar surface area (TPSA) is 41.5 Å². The fourth-order valence-electron chi connectivity index (χ4n) is 1.29. The Morgan fingerprint density at radius 3 is 2.60 bits per heavy atom. The number of hydrogen-bond acceptors (Lipinski definition) is 3. The van der Waals surface area contributed by atoms with Gasteiger partial charge in [0, 0.05) is 24.9 Å². The van der Waals surface area contributed by atoms with Crippen LogP contribution in [0.4, 0.5) is 5.69 Å². The summed E-state index contributed by atoms with van der Waals surface area (Å²) in [5.41, 5.74) is 1.41. The normalized spacial score (nSPS) is 11.5. The second-order valence-corrected chi connectivity index (χ2v) is 4.26. The molecule has 1 rings (SSSR count). The van der Waals surface area contributed by atoms with Crippen LogP contribution in [0.5, 0.6) is 0 Å². The molecule has 0 unspecified atom stereocenters. The number of aliphatic hydroxyl groups is 1. The zero-order chi connectivity index (χ0) is 11.3. The standard InChI is InChI=1S/C12H19NO2/c1-12(2,14)9-13-11-7-5-4-6-10(11)8-15-3/h4-7,13-14H,8-9H2,1-3H3. The fraction of sp³-hybridized carbons (Fsp3) is 0.500. The summed E-state index contributed by atoms with van der Waals surface area (Å²) in [6.07, 6.45) is 0. The van der Waals surface area contributed by atoms with Crippen molar-refractivity contribution in [3.05, 3.63) is 29.8 Å². The molecular formula is C12H19NO2. The molecule has 0 spiro atoms. The third-order valence-electron chi connectivity index (χ3n) is 2.03. The highest BCUT2D eigenvalue weighted by Gasteiger charge is 2.12. The minimum Gasteiger partial charge on any atom is -0.389 e. The molecule has 0 aliphatic rings. The van der Waals surface area contributed by atoms with Crippen LogP contribution in [-0.2, 0) is 11.3 Å². The zero-order valence-corrected chi connectivity index (χ0v) is 9.58. The lowest BCUT2D eigenvalue weighted by atomic mass is 10.1. The zero-order valence-electron chi connectivity index (χ0n) is 9.58. The minimum atomic E-state index is -0.708. The van der Waals surface area contributed by atoms with Gasteiger partial charge < -0.3 is 15.2 Å². The fourth-order valence-corrected chi connectivity index (χ4v) is 1.29. The van der Waals surface area contributed by atoms with E-state index in [0.29, 0.717) is 13.2 Å². The van der Waals surface area contributed by atoms with Crippen molar-refractivity contribution < 1.29 is 9.84 Å². The first kappa shape index (κ1) is 12.0. The van der Waals surface area contributed by atoms with Crippen LogP contribution in [0.1, 0.15) is 19.4 Å². The van der Waals surface area contributed by atoms with Gasteiger partial charge in [-0.25, -0.2) is 0 Å². The molecule has 1 aromatic carbocycles. The highest BCUT2D eigenvalue weighted by molar-refractivity contribution is 5.50. The highest BCUT2D eigenvalue weighted by atomic mass is 16.5. The van der Waals surface area contributed by atoms with Gasteiger partial charge in [-0.15, -0.1) is 0 Å². The van der Waals surface area contributed by atoms with Crippen molar-refractivity contribution in [2.24, 2.45) is 0 Å². The van der Waals surface area contributed by atoms with E-state index in [4.69, 9.17) is 4.74 Å². The molecule has 84 valence electrons. The number of ether oxygens (including phenoxy) is 1. The van der Waals surface area contributed by atoms with Crippen molar-refractivity contribution in [1.29, 1.82) is 0 Å². The Kier molecular flexibility index (Phi) is 4.12. The monoisotopic (exact) mass is 209 g/mol. The molecule has 0 aromatic heterocycles. The summed E-state index contributed by atoms with van der Waals surface area (Å²) in [7, 11) is 1.67. The van der Waals surface area contributed by atoms with Crippen molar-refractivity contribution in [3.8, 4) is 0 Å². The number of rotatable bonds is 5. The maximum Gasteiger partial charge on any atom is 0.0763 e. The number of methoxy groups -OCH3 is 1. The Morgan fingerprint density at radius 2 is 2.00 bits per heavy atom. The Bertz CT molecular complexity index is 305. The van der Waals surface area contributed by atoms with Gasteiger partial charge in [0.05, 0.1) is 12.2 Å². The molecule has 3 nitrogen and oxygen atoms in total. The van der Waals surface area contributed by atoms with E-state index >= 15 is 0 Å². The van der Waals surface area contributed by atoms with Gasteiger partial charge in [-0.05, 0) is 19.9 Å². The number of anilines is 1. The third kappa shape index (κ3) is 4.32. The van der Waals surface area contributed by atoms with Crippen LogP contribution >= 0.6 is 0 Å². The first-order chi connectivity index (χ1) is 7.03. The summed E-state index contributed by atoms with van der Waals surface area (Å²) in [6, 6.07) is 7.94. The Morgan fingerprint density at radius 1 is 1.33 bits per heavy atom. The van der Waals surface area contributed by atoms with Crippen LogP contribution in [0, 0.1) is 0 Å². The second kappa shape index (κ2) is 5.14. The van der Waals surface area contributed by atoms with Gasteiger partial charge in [0.1, 0.15) is 0 Å². The molecule has 0 saturated heterocycles. The van der Waals surface area contributed by atoms with Crippen LogP contribution in [0.3, 0.4) is 0 Å². The van der Waals surface area contributed by atoms with Crippen LogP contribution in [-0.4, -0.2) is 24.4 Å². The maximum atomic E-state index is 9.61. The summed E-state index contributed by atoms with van der Waals surface area (Å²) in [4.78, 5) is 0. The van der Waals surface area contributed by atoms with E-state index in [2.05, 4.69) is 5.32 Å². The lowest BCUT2D eigenvalue weighted by Crippen LogP contribution is -2.29. The summed E-state index contributed by atoms with van der Waals surface area (Å²) in [5, 5.41) is 12.8. The first-order valence-electron chi connectivity index (χ1n) is 5.06. The Labute approximate surface area is 91.1 Å². The van der Waals surface area contributed by atoms with E-state index < -0.39 is 5.60 Å². The minimum absolute atomic E-state index is 0.522. The molecule has 0 fully saturated rings. The van der Waals surface area contributed by atoms with E-state index in [1.165, 1.54) is 0 Å². The molecule has 2 N–H and O–H groups in total. The SMILES string of the molecule is COCc1ccccc1NCC(C)(C)O. The van der Waals surface area contributed by atoms with Gasteiger partial charge >= 0.3 is 0 Å². The predicted octanol–water partition coefficient (Wildman–Crippen LogP) is 2.02. The third-order valence-corrected chi connectivity index (χ3v) is 2.03. The van der Waals surface area contributed by atoms with E-state index in [1.54, 1.807) is 21.0 Å². The molecule has 0 bridgehead atoms. The number of para-hydroxylation sites is 1. The van der Waals surface area contributed by atoms with E-state index in [1.807, 2.05) is 24.3 Å².